The second-order valence-corrected chi connectivity index (χ2v) is 6.76. The van der Waals surface area contributed by atoms with Gasteiger partial charge in [0.15, 0.2) is 17.5 Å². The third kappa shape index (κ3) is 4.74. The fourth-order valence-corrected chi connectivity index (χ4v) is 2.96. The van der Waals surface area contributed by atoms with Crippen LogP contribution in [0.4, 0.5) is 13.2 Å². The second kappa shape index (κ2) is 8.36. The van der Waals surface area contributed by atoms with Crippen LogP contribution >= 0.6 is 0 Å². The smallest absolute Gasteiger partial charge is 0.255 e. The Kier molecular flexibility index (Phi) is 6.45. The molecule has 7 heteroatoms. The first kappa shape index (κ1) is 19.3. The molecule has 1 aliphatic heterocycles. The van der Waals surface area contributed by atoms with E-state index in [4.69, 9.17) is 0 Å². The molecular formula is C18H23F3N2O2. The SMILES string of the molecule is CC(C)C[C@H](NC(=O)c1ccc(F)c(F)c1F)C(=O)N1CCCCC1. The van der Waals surface area contributed by atoms with Crippen molar-refractivity contribution in [2.75, 3.05) is 13.1 Å². The molecule has 0 bridgehead atoms. The van der Waals surface area contributed by atoms with Gasteiger partial charge in [0.25, 0.3) is 5.91 Å². The first-order valence-corrected chi connectivity index (χ1v) is 8.54. The Balaban J connectivity index is 2.17. The molecule has 0 spiro atoms. The second-order valence-electron chi connectivity index (χ2n) is 6.76. The number of carbonyl (C=O) groups excluding carboxylic acids is 2. The fourth-order valence-electron chi connectivity index (χ4n) is 2.96. The Morgan fingerprint density at radius 2 is 1.72 bits per heavy atom. The Labute approximate surface area is 145 Å². The van der Waals surface area contributed by atoms with Crippen LogP contribution in [0.1, 0.15) is 49.9 Å². The minimum absolute atomic E-state index is 0.119. The van der Waals surface area contributed by atoms with E-state index in [2.05, 4.69) is 5.32 Å². The first-order chi connectivity index (χ1) is 11.8. The summed E-state index contributed by atoms with van der Waals surface area (Å²) in [6.07, 6.45) is 3.26. The summed E-state index contributed by atoms with van der Waals surface area (Å²) < 4.78 is 40.2. The van der Waals surface area contributed by atoms with Crippen LogP contribution in [0.5, 0.6) is 0 Å². The molecule has 0 radical (unpaired) electrons. The van der Waals surface area contributed by atoms with Gasteiger partial charge < -0.3 is 10.2 Å². The quantitative estimate of drug-likeness (QED) is 0.824. The average molecular weight is 356 g/mol. The van der Waals surface area contributed by atoms with Crippen molar-refractivity contribution in [1.29, 1.82) is 0 Å². The van der Waals surface area contributed by atoms with Crippen molar-refractivity contribution >= 4 is 11.8 Å². The number of amides is 2. The number of hydrogen-bond donors (Lipinski definition) is 1. The van der Waals surface area contributed by atoms with E-state index in [1.165, 1.54) is 0 Å². The predicted octanol–water partition coefficient (Wildman–Crippen LogP) is 3.26. The van der Waals surface area contributed by atoms with E-state index in [9.17, 15) is 22.8 Å². The van der Waals surface area contributed by atoms with Crippen molar-refractivity contribution in [3.05, 3.63) is 35.1 Å². The van der Waals surface area contributed by atoms with Gasteiger partial charge in [-0.2, -0.15) is 0 Å². The molecule has 25 heavy (non-hydrogen) atoms. The molecule has 1 aromatic carbocycles. The molecule has 0 unspecified atom stereocenters. The van der Waals surface area contributed by atoms with E-state index in [0.29, 0.717) is 25.6 Å². The molecule has 1 heterocycles. The zero-order chi connectivity index (χ0) is 18.6. The van der Waals surface area contributed by atoms with E-state index in [1.54, 1.807) is 4.90 Å². The van der Waals surface area contributed by atoms with E-state index in [1.807, 2.05) is 13.8 Å². The number of likely N-dealkylation sites (tertiary alicyclic amines) is 1. The lowest BCUT2D eigenvalue weighted by molar-refractivity contribution is -0.134. The van der Waals surface area contributed by atoms with Gasteiger partial charge in [0.05, 0.1) is 5.56 Å². The molecule has 1 aromatic rings. The number of nitrogens with zero attached hydrogens (tertiary/aromatic N) is 1. The maximum atomic E-state index is 13.8. The predicted molar refractivity (Wildman–Crippen MR) is 87.5 cm³/mol. The highest BCUT2D eigenvalue weighted by molar-refractivity contribution is 5.97. The molecule has 1 N–H and O–H groups in total. The fraction of sp³-hybridized carbons (Fsp3) is 0.556. The first-order valence-electron chi connectivity index (χ1n) is 8.54. The Bertz CT molecular complexity index is 643. The minimum Gasteiger partial charge on any atom is -0.341 e. The van der Waals surface area contributed by atoms with Crippen LogP contribution in [0.25, 0.3) is 0 Å². The Hall–Kier alpha value is -2.05. The number of rotatable bonds is 5. The number of carbonyl (C=O) groups is 2. The highest BCUT2D eigenvalue weighted by atomic mass is 19.2. The molecule has 4 nitrogen and oxygen atoms in total. The van der Waals surface area contributed by atoms with Crippen molar-refractivity contribution in [3.8, 4) is 0 Å². The van der Waals surface area contributed by atoms with Crippen molar-refractivity contribution in [2.24, 2.45) is 5.92 Å². The van der Waals surface area contributed by atoms with Crippen LogP contribution in [0.2, 0.25) is 0 Å². The van der Waals surface area contributed by atoms with Gasteiger partial charge in [-0.05, 0) is 43.7 Å². The topological polar surface area (TPSA) is 49.4 Å². The zero-order valence-corrected chi connectivity index (χ0v) is 14.4. The summed E-state index contributed by atoms with van der Waals surface area (Å²) >= 11 is 0. The van der Waals surface area contributed by atoms with E-state index >= 15 is 0 Å². The molecule has 1 atom stereocenters. The lowest BCUT2D eigenvalue weighted by atomic mass is 10.0. The van der Waals surface area contributed by atoms with Gasteiger partial charge in [-0.25, -0.2) is 13.2 Å². The monoisotopic (exact) mass is 356 g/mol. The van der Waals surface area contributed by atoms with E-state index in [-0.39, 0.29) is 11.8 Å². The molecule has 0 saturated carbocycles. The number of halogens is 3. The Morgan fingerprint density at radius 1 is 1.08 bits per heavy atom. The largest absolute Gasteiger partial charge is 0.341 e. The maximum Gasteiger partial charge on any atom is 0.255 e. The molecule has 2 amide bonds. The molecule has 2 rings (SSSR count). The van der Waals surface area contributed by atoms with Crippen LogP contribution < -0.4 is 5.32 Å². The summed E-state index contributed by atoms with van der Waals surface area (Å²) in [6.45, 7) is 5.06. The normalized spacial score (nSPS) is 16.0. The number of benzene rings is 1. The van der Waals surface area contributed by atoms with Gasteiger partial charge >= 0.3 is 0 Å². The van der Waals surface area contributed by atoms with Gasteiger partial charge in [0.2, 0.25) is 5.91 Å². The number of piperidine rings is 1. The van der Waals surface area contributed by atoms with Crippen LogP contribution in [0.15, 0.2) is 12.1 Å². The molecule has 0 aromatic heterocycles. The van der Waals surface area contributed by atoms with Crippen LogP contribution in [0, 0.1) is 23.4 Å². The third-order valence-corrected chi connectivity index (χ3v) is 4.26. The van der Waals surface area contributed by atoms with Gasteiger partial charge in [-0.3, -0.25) is 9.59 Å². The third-order valence-electron chi connectivity index (χ3n) is 4.26. The number of nitrogens with one attached hydrogen (secondary N) is 1. The van der Waals surface area contributed by atoms with Crippen molar-refractivity contribution < 1.29 is 22.8 Å². The van der Waals surface area contributed by atoms with E-state index in [0.717, 1.165) is 25.3 Å². The van der Waals surface area contributed by atoms with E-state index < -0.39 is 35.0 Å². The number of hydrogen-bond acceptors (Lipinski definition) is 2. The Morgan fingerprint density at radius 3 is 2.32 bits per heavy atom. The average Bonchev–Trinajstić information content (AvgIpc) is 2.58. The summed E-state index contributed by atoms with van der Waals surface area (Å²) in [5.74, 6) is -5.63. The summed E-state index contributed by atoms with van der Waals surface area (Å²) in [7, 11) is 0. The molecule has 138 valence electrons. The van der Waals surface area contributed by atoms with Crippen molar-refractivity contribution in [1.82, 2.24) is 10.2 Å². The van der Waals surface area contributed by atoms with Crippen LogP contribution in [-0.4, -0.2) is 35.8 Å². The summed E-state index contributed by atoms with van der Waals surface area (Å²) in [5, 5.41) is 2.49. The van der Waals surface area contributed by atoms with Crippen LogP contribution in [0.3, 0.4) is 0 Å². The zero-order valence-electron chi connectivity index (χ0n) is 14.4. The highest BCUT2D eigenvalue weighted by Gasteiger charge is 2.29. The van der Waals surface area contributed by atoms with Gasteiger partial charge in [-0.1, -0.05) is 13.8 Å². The van der Waals surface area contributed by atoms with Crippen molar-refractivity contribution in [2.45, 2.75) is 45.6 Å². The van der Waals surface area contributed by atoms with Crippen molar-refractivity contribution in [3.63, 3.8) is 0 Å². The van der Waals surface area contributed by atoms with Gasteiger partial charge in [-0.15, -0.1) is 0 Å². The molecule has 1 saturated heterocycles. The molecule has 1 fully saturated rings. The van der Waals surface area contributed by atoms with Crippen LogP contribution in [-0.2, 0) is 4.79 Å². The highest BCUT2D eigenvalue weighted by Crippen LogP contribution is 2.17. The van der Waals surface area contributed by atoms with Gasteiger partial charge in [0.1, 0.15) is 6.04 Å². The maximum absolute atomic E-state index is 13.8. The molecule has 0 aliphatic carbocycles. The standard InChI is InChI=1S/C18H23F3N2O2/c1-11(2)10-14(18(25)23-8-4-3-5-9-23)22-17(24)12-6-7-13(19)16(21)15(12)20/h6-7,11,14H,3-5,8-10H2,1-2H3,(H,22,24)/t14-/m0/s1. The molecule has 1 aliphatic rings. The summed E-state index contributed by atoms with van der Waals surface area (Å²) in [5.41, 5.74) is -0.612. The minimum atomic E-state index is -1.70. The summed E-state index contributed by atoms with van der Waals surface area (Å²) in [6, 6.07) is 0.746. The lowest BCUT2D eigenvalue weighted by Gasteiger charge is -2.31. The molecular weight excluding hydrogens is 333 g/mol. The lowest BCUT2D eigenvalue weighted by Crippen LogP contribution is -2.50. The van der Waals surface area contributed by atoms with Gasteiger partial charge in [0, 0.05) is 13.1 Å². The summed E-state index contributed by atoms with van der Waals surface area (Å²) in [4.78, 5) is 26.7.